The second kappa shape index (κ2) is 11.4. The molecule has 1 unspecified atom stereocenters. The molecule has 2 aromatic rings. The first kappa shape index (κ1) is 27.7. The van der Waals surface area contributed by atoms with Gasteiger partial charge in [-0.1, -0.05) is 12.1 Å². The van der Waals surface area contributed by atoms with E-state index in [0.717, 1.165) is 28.2 Å². The van der Waals surface area contributed by atoms with E-state index in [-0.39, 0.29) is 36.2 Å². The van der Waals surface area contributed by atoms with Crippen LogP contribution >= 0.6 is 11.3 Å². The second-order valence-electron chi connectivity index (χ2n) is 9.41. The van der Waals surface area contributed by atoms with Crippen LogP contribution in [0.5, 0.6) is 0 Å². The van der Waals surface area contributed by atoms with Crippen molar-refractivity contribution in [2.75, 3.05) is 19.0 Å². The number of anilines is 1. The first-order valence-corrected chi connectivity index (χ1v) is 12.3. The molecule has 1 atom stereocenters. The van der Waals surface area contributed by atoms with E-state index in [1.807, 2.05) is 12.1 Å². The highest BCUT2D eigenvalue weighted by molar-refractivity contribution is 7.16. The molecule has 3 rings (SSSR count). The Morgan fingerprint density at radius 1 is 1.14 bits per heavy atom. The topological polar surface area (TPSA) is 152 Å². The SMILES string of the molecule is COC(=O)C(CNC(=O)OC(C)(C)C)NC(=O)c1sc(C(=O)NCc2cccc3c2CC(=O)N3)cc1C. The molecule has 0 fully saturated rings. The molecule has 4 N–H and O–H groups in total. The third kappa shape index (κ3) is 7.29. The normalized spacial score (nSPS) is 13.2. The van der Waals surface area contributed by atoms with Gasteiger partial charge >= 0.3 is 12.1 Å². The van der Waals surface area contributed by atoms with Gasteiger partial charge in [-0.2, -0.15) is 0 Å². The Hall–Kier alpha value is -3.93. The maximum Gasteiger partial charge on any atom is 0.407 e. The van der Waals surface area contributed by atoms with Crippen molar-refractivity contribution < 1.29 is 33.4 Å². The van der Waals surface area contributed by atoms with Crippen LogP contribution in [0.1, 0.15) is 56.8 Å². The number of esters is 1. The highest BCUT2D eigenvalue weighted by atomic mass is 32.1. The molecular formula is C25H30N4O7S. The van der Waals surface area contributed by atoms with Gasteiger partial charge in [0.25, 0.3) is 11.8 Å². The van der Waals surface area contributed by atoms with E-state index < -0.39 is 29.6 Å². The Bertz CT molecular complexity index is 1230. The van der Waals surface area contributed by atoms with E-state index >= 15 is 0 Å². The number of thiophene rings is 1. The van der Waals surface area contributed by atoms with E-state index in [9.17, 15) is 24.0 Å². The maximum absolute atomic E-state index is 12.9. The summed E-state index contributed by atoms with van der Waals surface area (Å²) >= 11 is 0.976. The molecule has 37 heavy (non-hydrogen) atoms. The number of alkyl carbamates (subject to hydrolysis) is 1. The quantitative estimate of drug-likeness (QED) is 0.382. The van der Waals surface area contributed by atoms with Crippen LogP contribution in [0, 0.1) is 6.92 Å². The number of aryl methyl sites for hydroxylation is 1. The molecule has 0 saturated heterocycles. The van der Waals surface area contributed by atoms with Gasteiger partial charge < -0.3 is 30.7 Å². The highest BCUT2D eigenvalue weighted by Gasteiger charge is 2.27. The molecule has 12 heteroatoms. The largest absolute Gasteiger partial charge is 0.467 e. The van der Waals surface area contributed by atoms with Gasteiger partial charge in [0, 0.05) is 12.2 Å². The molecule has 1 aliphatic heterocycles. The van der Waals surface area contributed by atoms with Crippen LogP contribution in [-0.4, -0.2) is 55.1 Å². The van der Waals surface area contributed by atoms with Crippen molar-refractivity contribution in [3.8, 4) is 0 Å². The Morgan fingerprint density at radius 2 is 1.86 bits per heavy atom. The molecule has 1 aliphatic rings. The monoisotopic (exact) mass is 530 g/mol. The molecule has 198 valence electrons. The molecule has 1 aromatic heterocycles. The maximum atomic E-state index is 12.9. The summed E-state index contributed by atoms with van der Waals surface area (Å²) in [5, 5.41) is 10.6. The lowest BCUT2D eigenvalue weighted by Gasteiger charge is -2.21. The van der Waals surface area contributed by atoms with Crippen LogP contribution in [0.25, 0.3) is 0 Å². The van der Waals surface area contributed by atoms with Crippen LogP contribution in [0.3, 0.4) is 0 Å². The fraction of sp³-hybridized carbons (Fsp3) is 0.400. The molecule has 1 aromatic carbocycles. The minimum absolute atomic E-state index is 0.0927. The van der Waals surface area contributed by atoms with E-state index in [4.69, 9.17) is 9.47 Å². The molecule has 0 aliphatic carbocycles. The van der Waals surface area contributed by atoms with Crippen molar-refractivity contribution in [1.82, 2.24) is 16.0 Å². The smallest absolute Gasteiger partial charge is 0.407 e. The Labute approximate surface area is 218 Å². The Kier molecular flexibility index (Phi) is 8.53. The van der Waals surface area contributed by atoms with E-state index in [1.165, 1.54) is 7.11 Å². The summed E-state index contributed by atoms with van der Waals surface area (Å²) in [6.45, 7) is 6.74. The number of ether oxygens (including phenoxy) is 2. The summed E-state index contributed by atoms with van der Waals surface area (Å²) in [4.78, 5) is 62.1. The molecule has 4 amide bonds. The van der Waals surface area contributed by atoms with Gasteiger partial charge in [-0.25, -0.2) is 9.59 Å². The van der Waals surface area contributed by atoms with Crippen LogP contribution in [0.15, 0.2) is 24.3 Å². The highest BCUT2D eigenvalue weighted by Crippen LogP contribution is 2.27. The van der Waals surface area contributed by atoms with Crippen LogP contribution < -0.4 is 21.3 Å². The van der Waals surface area contributed by atoms with Gasteiger partial charge in [0.05, 0.1) is 29.8 Å². The van der Waals surface area contributed by atoms with Gasteiger partial charge in [-0.05, 0) is 56.5 Å². The summed E-state index contributed by atoms with van der Waals surface area (Å²) < 4.78 is 9.88. The lowest BCUT2D eigenvalue weighted by molar-refractivity contribution is -0.142. The fourth-order valence-corrected chi connectivity index (χ4v) is 4.61. The zero-order chi connectivity index (χ0) is 27.3. The molecule has 2 heterocycles. The van der Waals surface area contributed by atoms with Crippen LogP contribution in [-0.2, 0) is 32.0 Å². The minimum atomic E-state index is -1.17. The summed E-state index contributed by atoms with van der Waals surface area (Å²) in [7, 11) is 1.17. The van der Waals surface area contributed by atoms with Crippen molar-refractivity contribution in [2.24, 2.45) is 0 Å². The Morgan fingerprint density at radius 3 is 2.54 bits per heavy atom. The summed E-state index contributed by atoms with van der Waals surface area (Å²) in [6, 6.07) is 5.88. The first-order chi connectivity index (χ1) is 17.4. The predicted molar refractivity (Wildman–Crippen MR) is 137 cm³/mol. The zero-order valence-electron chi connectivity index (χ0n) is 21.3. The number of benzene rings is 1. The van der Waals surface area contributed by atoms with E-state index in [1.54, 1.807) is 39.8 Å². The molecule has 11 nitrogen and oxygen atoms in total. The van der Waals surface area contributed by atoms with Gasteiger partial charge in [-0.3, -0.25) is 14.4 Å². The third-order valence-electron chi connectivity index (χ3n) is 5.31. The molecule has 0 radical (unpaired) electrons. The molecule has 0 saturated carbocycles. The Balaban J connectivity index is 1.63. The average Bonchev–Trinajstić information content (AvgIpc) is 3.40. The van der Waals surface area contributed by atoms with Gasteiger partial charge in [-0.15, -0.1) is 11.3 Å². The summed E-state index contributed by atoms with van der Waals surface area (Å²) in [5.41, 5.74) is 2.24. The zero-order valence-corrected chi connectivity index (χ0v) is 22.1. The number of carbonyl (C=O) groups is 5. The number of hydrogen-bond donors (Lipinski definition) is 4. The van der Waals surface area contributed by atoms with Crippen LogP contribution in [0.2, 0.25) is 0 Å². The van der Waals surface area contributed by atoms with E-state index in [2.05, 4.69) is 21.3 Å². The lowest BCUT2D eigenvalue weighted by Crippen LogP contribution is -2.49. The third-order valence-corrected chi connectivity index (χ3v) is 6.55. The van der Waals surface area contributed by atoms with Gasteiger partial charge in [0.2, 0.25) is 5.91 Å². The number of hydrogen-bond acceptors (Lipinski definition) is 8. The predicted octanol–water partition coefficient (Wildman–Crippen LogP) is 2.28. The van der Waals surface area contributed by atoms with Crippen molar-refractivity contribution in [1.29, 1.82) is 0 Å². The lowest BCUT2D eigenvalue weighted by atomic mass is 10.0. The summed E-state index contributed by atoms with van der Waals surface area (Å²) in [6.07, 6.45) is -0.486. The fourth-order valence-electron chi connectivity index (χ4n) is 3.62. The standard InChI is InChI=1S/C25H30N4O7S/c1-13-9-18(21(31)26-11-14-7-6-8-16-15(14)10-19(30)28-16)37-20(13)22(32)29-17(23(33)35-5)12-27-24(34)36-25(2,3)4/h6-9,17H,10-12H2,1-5H3,(H,26,31)(H,27,34)(H,28,30)(H,29,32). The number of amides is 4. The van der Waals surface area contributed by atoms with Crippen molar-refractivity contribution in [3.05, 3.63) is 50.7 Å². The van der Waals surface area contributed by atoms with Crippen LogP contribution in [0.4, 0.5) is 10.5 Å². The molecular weight excluding hydrogens is 500 g/mol. The van der Waals surface area contributed by atoms with E-state index in [0.29, 0.717) is 10.4 Å². The number of carbonyl (C=O) groups excluding carboxylic acids is 5. The molecule has 0 bridgehead atoms. The van der Waals surface area contributed by atoms with Gasteiger partial charge in [0.1, 0.15) is 11.6 Å². The first-order valence-electron chi connectivity index (χ1n) is 11.5. The number of methoxy groups -OCH3 is 1. The second-order valence-corrected chi connectivity index (χ2v) is 10.5. The van der Waals surface area contributed by atoms with Crippen molar-refractivity contribution in [2.45, 2.75) is 52.3 Å². The summed E-state index contributed by atoms with van der Waals surface area (Å²) in [5.74, 6) is -1.81. The molecule has 0 spiro atoms. The van der Waals surface area contributed by atoms with Crippen molar-refractivity contribution >= 4 is 46.8 Å². The number of nitrogens with one attached hydrogen (secondary N) is 4. The minimum Gasteiger partial charge on any atom is -0.467 e. The number of fused-ring (bicyclic) bond motifs is 1. The van der Waals surface area contributed by atoms with Crippen molar-refractivity contribution in [3.63, 3.8) is 0 Å². The number of rotatable bonds is 8. The van der Waals surface area contributed by atoms with Gasteiger partial charge in [0.15, 0.2) is 0 Å². The average molecular weight is 531 g/mol.